The van der Waals surface area contributed by atoms with Crippen LogP contribution in [0.15, 0.2) is 11.0 Å². The Balaban J connectivity index is 3.41. The summed E-state index contributed by atoms with van der Waals surface area (Å²) in [5.74, 6) is -1.10. The summed E-state index contributed by atoms with van der Waals surface area (Å²) in [6.45, 7) is 1.14. The van der Waals surface area contributed by atoms with E-state index in [-0.39, 0.29) is 5.56 Å². The topological polar surface area (TPSA) is 85.2 Å². The van der Waals surface area contributed by atoms with Gasteiger partial charge in [0.05, 0.1) is 4.92 Å². The average Bonchev–Trinajstić information content (AvgIpc) is 2.08. The van der Waals surface area contributed by atoms with E-state index >= 15 is 0 Å². The van der Waals surface area contributed by atoms with Crippen LogP contribution < -0.4 is 10.3 Å². The Labute approximate surface area is 85.8 Å². The number of aromatic nitrogens is 1. The molecule has 1 rings (SSSR count). The van der Waals surface area contributed by atoms with Crippen LogP contribution in [-0.4, -0.2) is 16.3 Å². The third-order valence-electron chi connectivity index (χ3n) is 1.61. The Morgan fingerprint density at radius 2 is 2.06 bits per heavy atom. The number of aromatic amines is 1. The van der Waals surface area contributed by atoms with Crippen LogP contribution in [0, 0.1) is 17.0 Å². The second kappa shape index (κ2) is 3.83. The smallest absolute Gasteiger partial charge is 0.398 e. The highest BCUT2D eigenvalue weighted by Crippen LogP contribution is 2.31. The van der Waals surface area contributed by atoms with E-state index < -0.39 is 28.3 Å². The molecule has 0 aliphatic heterocycles. The number of nitrogens with zero attached hydrogens (tertiary/aromatic N) is 1. The molecule has 9 heteroatoms. The Kier molecular flexibility index (Phi) is 2.88. The molecule has 6 nitrogen and oxygen atoms in total. The van der Waals surface area contributed by atoms with Gasteiger partial charge >= 0.3 is 17.6 Å². The van der Waals surface area contributed by atoms with Gasteiger partial charge in [0.15, 0.2) is 0 Å². The summed E-state index contributed by atoms with van der Waals surface area (Å²) >= 11 is 0. The van der Waals surface area contributed by atoms with Gasteiger partial charge in [0.25, 0.3) is 0 Å². The summed E-state index contributed by atoms with van der Waals surface area (Å²) < 4.78 is 39.3. The number of rotatable bonds is 2. The molecule has 0 saturated carbocycles. The number of nitrogens with one attached hydrogen (secondary N) is 1. The number of H-pyrrole nitrogens is 1. The Bertz CT molecular complexity index is 480. The average molecular weight is 238 g/mol. The van der Waals surface area contributed by atoms with Crippen molar-refractivity contribution in [3.05, 3.63) is 32.2 Å². The van der Waals surface area contributed by atoms with E-state index in [2.05, 4.69) is 4.74 Å². The molecule has 1 aromatic heterocycles. The van der Waals surface area contributed by atoms with Crippen molar-refractivity contribution in [1.82, 2.24) is 4.98 Å². The van der Waals surface area contributed by atoms with Gasteiger partial charge in [-0.1, -0.05) is 0 Å². The fourth-order valence-corrected chi connectivity index (χ4v) is 1.01. The maximum absolute atomic E-state index is 11.9. The number of nitro groups is 1. The number of halogens is 3. The fourth-order valence-electron chi connectivity index (χ4n) is 1.01. The summed E-state index contributed by atoms with van der Waals surface area (Å²) in [4.78, 5) is 22.1. The van der Waals surface area contributed by atoms with Gasteiger partial charge in [-0.25, -0.2) is 0 Å². The van der Waals surface area contributed by atoms with E-state index in [0.717, 1.165) is 13.1 Å². The molecule has 0 aliphatic carbocycles. The summed E-state index contributed by atoms with van der Waals surface area (Å²) in [5.41, 5.74) is -2.71. The van der Waals surface area contributed by atoms with Crippen LogP contribution in [-0.2, 0) is 0 Å². The molecule has 1 aromatic rings. The lowest BCUT2D eigenvalue weighted by atomic mass is 10.2. The van der Waals surface area contributed by atoms with Crippen LogP contribution in [0.25, 0.3) is 0 Å². The first-order valence-corrected chi connectivity index (χ1v) is 3.85. The van der Waals surface area contributed by atoms with Crippen LogP contribution >= 0.6 is 0 Å². The molecule has 0 fully saturated rings. The van der Waals surface area contributed by atoms with Crippen LogP contribution in [0.4, 0.5) is 18.9 Å². The first-order valence-electron chi connectivity index (χ1n) is 3.85. The molecule has 0 unspecified atom stereocenters. The summed E-state index contributed by atoms with van der Waals surface area (Å²) in [6, 6.07) is 0. The Morgan fingerprint density at radius 1 is 1.50 bits per heavy atom. The predicted molar refractivity (Wildman–Crippen MR) is 45.1 cm³/mol. The van der Waals surface area contributed by atoms with Crippen LogP contribution in [0.3, 0.4) is 0 Å². The number of ether oxygens (including phenoxy) is 1. The molecule has 0 bridgehead atoms. The highest BCUT2D eigenvalue weighted by Gasteiger charge is 2.36. The number of alkyl halides is 3. The van der Waals surface area contributed by atoms with E-state index in [1.807, 2.05) is 4.98 Å². The van der Waals surface area contributed by atoms with Crippen molar-refractivity contribution in [3.63, 3.8) is 0 Å². The largest absolute Gasteiger partial charge is 0.573 e. The fraction of sp³-hybridized carbons (Fsp3) is 0.286. The van der Waals surface area contributed by atoms with Crippen molar-refractivity contribution >= 4 is 5.69 Å². The molecule has 16 heavy (non-hydrogen) atoms. The zero-order valence-electron chi connectivity index (χ0n) is 7.79. The molecule has 1 heterocycles. The van der Waals surface area contributed by atoms with Crippen LogP contribution in [0.5, 0.6) is 5.75 Å². The normalized spacial score (nSPS) is 11.2. The molecule has 0 spiro atoms. The van der Waals surface area contributed by atoms with Gasteiger partial charge < -0.3 is 9.72 Å². The van der Waals surface area contributed by atoms with Crippen LogP contribution in [0.2, 0.25) is 0 Å². The number of pyridine rings is 1. The molecule has 0 saturated heterocycles. The van der Waals surface area contributed by atoms with Crippen molar-refractivity contribution in [2.75, 3.05) is 0 Å². The second-order valence-electron chi connectivity index (χ2n) is 2.78. The van der Waals surface area contributed by atoms with E-state index in [0.29, 0.717) is 0 Å². The minimum Gasteiger partial charge on any atom is -0.398 e. The third-order valence-corrected chi connectivity index (χ3v) is 1.61. The maximum atomic E-state index is 11.9. The zero-order valence-corrected chi connectivity index (χ0v) is 7.79. The van der Waals surface area contributed by atoms with Crippen molar-refractivity contribution in [2.45, 2.75) is 13.3 Å². The SMILES string of the molecule is Cc1c[nH]c(=O)c([N+](=O)[O-])c1OC(F)(F)F. The first-order chi connectivity index (χ1) is 7.22. The molecule has 0 amide bonds. The number of hydrogen-bond donors (Lipinski definition) is 1. The lowest BCUT2D eigenvalue weighted by Crippen LogP contribution is -2.22. The third kappa shape index (κ3) is 2.49. The van der Waals surface area contributed by atoms with Gasteiger partial charge in [0, 0.05) is 11.8 Å². The Morgan fingerprint density at radius 3 is 2.50 bits per heavy atom. The second-order valence-corrected chi connectivity index (χ2v) is 2.78. The molecule has 0 aliphatic rings. The van der Waals surface area contributed by atoms with Gasteiger partial charge in [-0.2, -0.15) is 0 Å². The van der Waals surface area contributed by atoms with Crippen molar-refractivity contribution in [3.8, 4) is 5.75 Å². The lowest BCUT2D eigenvalue weighted by molar-refractivity contribution is -0.390. The maximum Gasteiger partial charge on any atom is 0.573 e. The van der Waals surface area contributed by atoms with Gasteiger partial charge in [0.1, 0.15) is 0 Å². The lowest BCUT2D eigenvalue weighted by Gasteiger charge is -2.10. The van der Waals surface area contributed by atoms with Gasteiger partial charge in [-0.3, -0.25) is 14.9 Å². The highest BCUT2D eigenvalue weighted by atomic mass is 19.4. The molecule has 1 N–H and O–H groups in total. The summed E-state index contributed by atoms with van der Waals surface area (Å²) in [6.07, 6.45) is -4.19. The van der Waals surface area contributed by atoms with Crippen LogP contribution in [0.1, 0.15) is 5.56 Å². The monoisotopic (exact) mass is 238 g/mol. The van der Waals surface area contributed by atoms with Crippen molar-refractivity contribution in [1.29, 1.82) is 0 Å². The molecular formula is C7H5F3N2O4. The number of hydrogen-bond acceptors (Lipinski definition) is 4. The minimum absolute atomic E-state index is 0.191. The molecule has 88 valence electrons. The van der Waals surface area contributed by atoms with Crippen molar-refractivity contribution in [2.24, 2.45) is 0 Å². The van der Waals surface area contributed by atoms with Crippen molar-refractivity contribution < 1.29 is 22.8 Å². The van der Waals surface area contributed by atoms with E-state index in [9.17, 15) is 28.1 Å². The standard InChI is InChI=1S/C7H5F3N2O4/c1-3-2-11-6(13)4(12(14)15)5(3)16-7(8,9)10/h2H,1H3,(H,11,13). The number of aryl methyl sites for hydroxylation is 1. The minimum atomic E-state index is -5.09. The van der Waals surface area contributed by atoms with Gasteiger partial charge in [0.2, 0.25) is 5.75 Å². The molecule has 0 radical (unpaired) electrons. The highest BCUT2D eigenvalue weighted by molar-refractivity contribution is 5.48. The molecular weight excluding hydrogens is 233 g/mol. The predicted octanol–water partition coefficient (Wildman–Crippen LogP) is 1.49. The molecule has 0 atom stereocenters. The van der Waals surface area contributed by atoms with Gasteiger partial charge in [-0.15, -0.1) is 13.2 Å². The quantitative estimate of drug-likeness (QED) is 0.624. The molecule has 0 aromatic carbocycles. The van der Waals surface area contributed by atoms with E-state index in [4.69, 9.17) is 0 Å². The first kappa shape index (κ1) is 12.0. The van der Waals surface area contributed by atoms with E-state index in [1.165, 1.54) is 0 Å². The summed E-state index contributed by atoms with van der Waals surface area (Å²) in [7, 11) is 0. The Hall–Kier alpha value is -2.06. The zero-order chi connectivity index (χ0) is 12.5. The van der Waals surface area contributed by atoms with Gasteiger partial charge in [-0.05, 0) is 6.92 Å². The van der Waals surface area contributed by atoms with E-state index in [1.54, 1.807) is 0 Å². The summed E-state index contributed by atoms with van der Waals surface area (Å²) in [5, 5.41) is 10.4.